The Bertz CT molecular complexity index is 375. The van der Waals surface area contributed by atoms with Crippen molar-refractivity contribution in [3.05, 3.63) is 0 Å². The third-order valence-corrected chi connectivity index (χ3v) is 5.99. The second-order valence-corrected chi connectivity index (χ2v) is 8.54. The molecule has 6 heteroatoms. The lowest BCUT2D eigenvalue weighted by Gasteiger charge is -2.35. The van der Waals surface area contributed by atoms with Crippen molar-refractivity contribution in [2.45, 2.75) is 52.0 Å². The van der Waals surface area contributed by atoms with Crippen LogP contribution in [0, 0.1) is 5.41 Å². The van der Waals surface area contributed by atoms with Crippen molar-refractivity contribution in [1.82, 2.24) is 8.61 Å². The molecule has 5 nitrogen and oxygen atoms in total. The number of nitrogens with two attached hydrogens (primary N) is 1. The van der Waals surface area contributed by atoms with Crippen LogP contribution in [0.2, 0.25) is 0 Å². The van der Waals surface area contributed by atoms with Gasteiger partial charge in [0.15, 0.2) is 0 Å². The Labute approximate surface area is 118 Å². The van der Waals surface area contributed by atoms with E-state index in [0.29, 0.717) is 13.1 Å². The SMILES string of the molecule is CN(CC(C)(C)CN)S(=O)(=O)N(C)C1CCCCC1. The first-order valence-corrected chi connectivity index (χ1v) is 8.50. The van der Waals surface area contributed by atoms with Crippen molar-refractivity contribution in [1.29, 1.82) is 0 Å². The fraction of sp³-hybridized carbons (Fsp3) is 1.00. The van der Waals surface area contributed by atoms with Crippen molar-refractivity contribution in [2.24, 2.45) is 11.1 Å². The number of hydrogen-bond donors (Lipinski definition) is 1. The molecular formula is C13H29N3O2S. The molecule has 0 aromatic rings. The maximum Gasteiger partial charge on any atom is 0.281 e. The second kappa shape index (κ2) is 6.52. The van der Waals surface area contributed by atoms with Gasteiger partial charge in [-0.3, -0.25) is 0 Å². The monoisotopic (exact) mass is 291 g/mol. The zero-order chi connectivity index (χ0) is 14.7. The Balaban J connectivity index is 2.72. The van der Waals surface area contributed by atoms with Gasteiger partial charge in [0.05, 0.1) is 0 Å². The van der Waals surface area contributed by atoms with Gasteiger partial charge in [-0.2, -0.15) is 17.0 Å². The van der Waals surface area contributed by atoms with Gasteiger partial charge in [-0.25, -0.2) is 0 Å². The first-order valence-electron chi connectivity index (χ1n) is 7.10. The normalized spacial score (nSPS) is 19.3. The molecule has 0 aromatic carbocycles. The quantitative estimate of drug-likeness (QED) is 0.804. The standard InChI is InChI=1S/C13H29N3O2S/c1-13(2,10-14)11-15(3)19(17,18)16(4)12-8-6-5-7-9-12/h12H,5-11,14H2,1-4H3. The molecule has 0 heterocycles. The molecule has 114 valence electrons. The van der Waals surface area contributed by atoms with Crippen LogP contribution in [0.25, 0.3) is 0 Å². The Kier molecular flexibility index (Phi) is 5.79. The smallest absolute Gasteiger partial charge is 0.281 e. The summed E-state index contributed by atoms with van der Waals surface area (Å²) in [7, 11) is -0.0203. The first-order chi connectivity index (χ1) is 8.70. The van der Waals surface area contributed by atoms with Crippen LogP contribution in [-0.4, -0.2) is 50.3 Å². The number of nitrogens with zero attached hydrogens (tertiary/aromatic N) is 2. The van der Waals surface area contributed by atoms with Crippen LogP contribution in [0.4, 0.5) is 0 Å². The molecule has 1 aliphatic carbocycles. The summed E-state index contributed by atoms with van der Waals surface area (Å²) in [6, 6.07) is 0.155. The molecule has 0 bridgehead atoms. The molecule has 0 unspecified atom stereocenters. The highest BCUT2D eigenvalue weighted by molar-refractivity contribution is 7.86. The molecule has 2 N–H and O–H groups in total. The third kappa shape index (κ3) is 4.41. The zero-order valence-electron chi connectivity index (χ0n) is 12.7. The molecule has 0 radical (unpaired) electrons. The van der Waals surface area contributed by atoms with E-state index in [0.717, 1.165) is 25.7 Å². The first kappa shape index (κ1) is 16.9. The van der Waals surface area contributed by atoms with Gasteiger partial charge in [-0.05, 0) is 24.8 Å². The predicted molar refractivity (Wildman–Crippen MR) is 79.0 cm³/mol. The minimum Gasteiger partial charge on any atom is -0.330 e. The van der Waals surface area contributed by atoms with Crippen LogP contribution in [0.3, 0.4) is 0 Å². The number of rotatable bonds is 6. The summed E-state index contributed by atoms with van der Waals surface area (Å²) < 4.78 is 28.1. The van der Waals surface area contributed by atoms with E-state index in [9.17, 15) is 8.42 Å². The van der Waals surface area contributed by atoms with E-state index in [1.54, 1.807) is 18.4 Å². The molecule has 1 fully saturated rings. The molecule has 1 rings (SSSR count). The van der Waals surface area contributed by atoms with Gasteiger partial charge in [0.25, 0.3) is 10.2 Å². The largest absolute Gasteiger partial charge is 0.330 e. The van der Waals surface area contributed by atoms with E-state index < -0.39 is 10.2 Å². The van der Waals surface area contributed by atoms with Crippen molar-refractivity contribution in [3.63, 3.8) is 0 Å². The lowest BCUT2D eigenvalue weighted by atomic mass is 9.94. The molecule has 0 saturated heterocycles. The average molecular weight is 291 g/mol. The molecule has 0 aromatic heterocycles. The van der Waals surface area contributed by atoms with E-state index in [1.165, 1.54) is 10.7 Å². The molecular weight excluding hydrogens is 262 g/mol. The van der Waals surface area contributed by atoms with E-state index in [2.05, 4.69) is 0 Å². The van der Waals surface area contributed by atoms with Gasteiger partial charge >= 0.3 is 0 Å². The molecule has 0 spiro atoms. The Morgan fingerprint density at radius 3 is 2.16 bits per heavy atom. The van der Waals surface area contributed by atoms with Gasteiger partial charge in [0.1, 0.15) is 0 Å². The molecule has 0 atom stereocenters. The van der Waals surface area contributed by atoms with Gasteiger partial charge in [-0.1, -0.05) is 33.1 Å². The lowest BCUT2D eigenvalue weighted by molar-refractivity contribution is 0.244. The highest BCUT2D eigenvalue weighted by Crippen LogP contribution is 2.25. The second-order valence-electron chi connectivity index (χ2n) is 6.44. The minimum absolute atomic E-state index is 0.155. The Morgan fingerprint density at radius 2 is 1.68 bits per heavy atom. The summed E-state index contributed by atoms with van der Waals surface area (Å²) >= 11 is 0. The Hall–Kier alpha value is -0.170. The lowest BCUT2D eigenvalue weighted by Crippen LogP contribution is -2.49. The maximum atomic E-state index is 12.5. The van der Waals surface area contributed by atoms with E-state index >= 15 is 0 Å². The number of hydrogen-bond acceptors (Lipinski definition) is 3. The average Bonchev–Trinajstić information content (AvgIpc) is 2.38. The van der Waals surface area contributed by atoms with Gasteiger partial charge < -0.3 is 5.73 Å². The molecule has 0 amide bonds. The van der Waals surface area contributed by atoms with Crippen molar-refractivity contribution >= 4 is 10.2 Å². The molecule has 0 aliphatic heterocycles. The zero-order valence-corrected chi connectivity index (χ0v) is 13.5. The van der Waals surface area contributed by atoms with Crippen molar-refractivity contribution in [2.75, 3.05) is 27.2 Å². The fourth-order valence-corrected chi connectivity index (χ4v) is 4.14. The van der Waals surface area contributed by atoms with E-state index in [4.69, 9.17) is 5.73 Å². The van der Waals surface area contributed by atoms with E-state index in [-0.39, 0.29) is 11.5 Å². The van der Waals surface area contributed by atoms with Crippen LogP contribution in [0.5, 0.6) is 0 Å². The minimum atomic E-state index is -3.37. The molecule has 1 aliphatic rings. The highest BCUT2D eigenvalue weighted by atomic mass is 32.2. The topological polar surface area (TPSA) is 66.6 Å². The van der Waals surface area contributed by atoms with Gasteiger partial charge in [-0.15, -0.1) is 0 Å². The summed E-state index contributed by atoms with van der Waals surface area (Å²) in [5.41, 5.74) is 5.48. The summed E-state index contributed by atoms with van der Waals surface area (Å²) in [4.78, 5) is 0. The fourth-order valence-electron chi connectivity index (χ4n) is 2.60. The van der Waals surface area contributed by atoms with Crippen LogP contribution < -0.4 is 5.73 Å². The van der Waals surface area contributed by atoms with Crippen molar-refractivity contribution < 1.29 is 8.42 Å². The van der Waals surface area contributed by atoms with E-state index in [1.807, 2.05) is 13.8 Å². The third-order valence-electron chi connectivity index (χ3n) is 4.05. The summed E-state index contributed by atoms with van der Waals surface area (Å²) in [6.07, 6.45) is 5.43. The molecule has 1 saturated carbocycles. The van der Waals surface area contributed by atoms with Crippen LogP contribution >= 0.6 is 0 Å². The summed E-state index contributed by atoms with van der Waals surface area (Å²) in [5, 5.41) is 0. The predicted octanol–water partition coefficient (Wildman–Crippen LogP) is 1.41. The van der Waals surface area contributed by atoms with Gasteiger partial charge in [0.2, 0.25) is 0 Å². The van der Waals surface area contributed by atoms with Crippen LogP contribution in [-0.2, 0) is 10.2 Å². The molecule has 19 heavy (non-hydrogen) atoms. The van der Waals surface area contributed by atoms with Gasteiger partial charge in [0, 0.05) is 26.7 Å². The summed E-state index contributed by atoms with van der Waals surface area (Å²) in [5.74, 6) is 0. The van der Waals surface area contributed by atoms with Crippen LogP contribution in [0.15, 0.2) is 0 Å². The van der Waals surface area contributed by atoms with Crippen molar-refractivity contribution in [3.8, 4) is 0 Å². The summed E-state index contributed by atoms with van der Waals surface area (Å²) in [6.45, 7) is 4.89. The maximum absolute atomic E-state index is 12.5. The highest BCUT2D eigenvalue weighted by Gasteiger charge is 2.33. The van der Waals surface area contributed by atoms with Crippen LogP contribution in [0.1, 0.15) is 46.0 Å². The Morgan fingerprint density at radius 1 is 1.16 bits per heavy atom.